The molecule has 0 N–H and O–H groups in total. The van der Waals surface area contributed by atoms with Crippen LogP contribution in [0.2, 0.25) is 0 Å². The average Bonchev–Trinajstić information content (AvgIpc) is 3.16. The fourth-order valence-corrected chi connectivity index (χ4v) is 3.40. The highest BCUT2D eigenvalue weighted by atomic mass is 16.5. The van der Waals surface area contributed by atoms with E-state index >= 15 is 0 Å². The Kier molecular flexibility index (Phi) is 3.71. The zero-order valence-electron chi connectivity index (χ0n) is 14.9. The van der Waals surface area contributed by atoms with Crippen LogP contribution < -0.4 is 9.64 Å². The largest absolute Gasteiger partial charge is 0.493 e. The quantitative estimate of drug-likeness (QED) is 0.559. The molecule has 1 aliphatic heterocycles. The smallest absolute Gasteiger partial charge is 0.175 e. The number of anilines is 1. The third kappa shape index (κ3) is 2.77. The van der Waals surface area contributed by atoms with Crippen molar-refractivity contribution in [3.63, 3.8) is 0 Å². The molecular weight excluding hydrogens is 340 g/mol. The number of benzene rings is 1. The normalized spacial score (nSPS) is 14.3. The zero-order valence-corrected chi connectivity index (χ0v) is 14.9. The number of rotatable bonds is 4. The van der Waals surface area contributed by atoms with Crippen molar-refractivity contribution in [2.45, 2.75) is 5.92 Å². The second-order valence-corrected chi connectivity index (χ2v) is 6.55. The number of nitrogens with zero attached hydrogens (tertiary/aromatic N) is 6. The van der Waals surface area contributed by atoms with Crippen molar-refractivity contribution in [2.24, 2.45) is 0 Å². The highest BCUT2D eigenvalue weighted by Crippen LogP contribution is 2.32. The van der Waals surface area contributed by atoms with E-state index in [1.807, 2.05) is 24.4 Å². The van der Waals surface area contributed by atoms with Gasteiger partial charge in [0.2, 0.25) is 0 Å². The van der Waals surface area contributed by atoms with Crippen LogP contribution in [0, 0.1) is 0 Å². The van der Waals surface area contributed by atoms with Crippen LogP contribution in [0.4, 0.5) is 5.82 Å². The summed E-state index contributed by atoms with van der Waals surface area (Å²) in [7, 11) is 1.62. The summed E-state index contributed by atoms with van der Waals surface area (Å²) in [6.45, 7) is 1.71. The summed E-state index contributed by atoms with van der Waals surface area (Å²) in [6.07, 6.45) is 6.91. The predicted molar refractivity (Wildman–Crippen MR) is 102 cm³/mol. The van der Waals surface area contributed by atoms with Crippen LogP contribution in [0.3, 0.4) is 0 Å². The van der Waals surface area contributed by atoms with E-state index in [2.05, 4.69) is 38.2 Å². The number of hydrogen-bond donors (Lipinski definition) is 0. The summed E-state index contributed by atoms with van der Waals surface area (Å²) in [5.41, 5.74) is 1.96. The molecule has 0 bridgehead atoms. The molecular formula is C20H18N6O. The first-order valence-corrected chi connectivity index (χ1v) is 8.82. The molecule has 4 heterocycles. The number of para-hydroxylation sites is 1. The molecule has 0 saturated carbocycles. The first-order valence-electron chi connectivity index (χ1n) is 8.82. The van der Waals surface area contributed by atoms with Gasteiger partial charge in [0.15, 0.2) is 11.6 Å². The molecule has 3 aromatic heterocycles. The summed E-state index contributed by atoms with van der Waals surface area (Å²) in [5, 5.41) is 5.49. The van der Waals surface area contributed by atoms with Crippen molar-refractivity contribution in [3.8, 4) is 11.6 Å². The maximum Gasteiger partial charge on any atom is 0.175 e. The highest BCUT2D eigenvalue weighted by Gasteiger charge is 2.33. The monoisotopic (exact) mass is 358 g/mol. The molecule has 0 unspecified atom stereocenters. The van der Waals surface area contributed by atoms with Crippen LogP contribution in [0.15, 0.2) is 61.2 Å². The highest BCUT2D eigenvalue weighted by molar-refractivity contribution is 5.80. The fraction of sp³-hybridized carbons (Fsp3) is 0.200. The molecule has 0 aliphatic carbocycles. The molecule has 0 amide bonds. The lowest BCUT2D eigenvalue weighted by Gasteiger charge is -2.40. The molecule has 4 aromatic rings. The second-order valence-electron chi connectivity index (χ2n) is 6.55. The Balaban J connectivity index is 1.39. The van der Waals surface area contributed by atoms with Crippen LogP contribution in [0.1, 0.15) is 11.6 Å². The number of hydrogen-bond acceptors (Lipinski definition) is 6. The van der Waals surface area contributed by atoms with Gasteiger partial charge in [-0.3, -0.25) is 4.98 Å². The lowest BCUT2D eigenvalue weighted by Crippen LogP contribution is -2.46. The van der Waals surface area contributed by atoms with Crippen molar-refractivity contribution in [1.29, 1.82) is 0 Å². The van der Waals surface area contributed by atoms with Crippen molar-refractivity contribution < 1.29 is 4.74 Å². The van der Waals surface area contributed by atoms with Crippen molar-refractivity contribution in [2.75, 3.05) is 25.1 Å². The molecule has 27 heavy (non-hydrogen) atoms. The zero-order chi connectivity index (χ0) is 18.2. The Morgan fingerprint density at radius 3 is 2.74 bits per heavy atom. The minimum atomic E-state index is 0.289. The predicted octanol–water partition coefficient (Wildman–Crippen LogP) is 2.82. The molecule has 1 saturated heterocycles. The van der Waals surface area contributed by atoms with E-state index in [-0.39, 0.29) is 5.92 Å². The van der Waals surface area contributed by atoms with Crippen molar-refractivity contribution in [1.82, 2.24) is 24.7 Å². The molecule has 1 aromatic carbocycles. The second kappa shape index (κ2) is 6.35. The Hall–Kier alpha value is -3.48. The molecule has 0 atom stereocenters. The average molecular weight is 358 g/mol. The summed E-state index contributed by atoms with van der Waals surface area (Å²) in [6, 6.07) is 12.4. The van der Waals surface area contributed by atoms with Gasteiger partial charge in [0.25, 0.3) is 0 Å². The fourth-order valence-electron chi connectivity index (χ4n) is 3.40. The van der Waals surface area contributed by atoms with E-state index in [0.717, 1.165) is 41.3 Å². The van der Waals surface area contributed by atoms with Crippen LogP contribution in [0.25, 0.3) is 16.7 Å². The summed E-state index contributed by atoms with van der Waals surface area (Å²) in [4.78, 5) is 16.1. The third-order valence-corrected chi connectivity index (χ3v) is 4.89. The number of pyridine rings is 1. The van der Waals surface area contributed by atoms with Crippen molar-refractivity contribution in [3.05, 3.63) is 66.9 Å². The standard InChI is InChI=1S/C20H18N6O/c1-27-16-10-23-26(13-16)20-19(21-8-9-22-20)15-11-25(12-15)18-7-6-14-4-2-3-5-17(14)24-18/h2-10,13,15H,11-12H2,1H3. The number of fused-ring (bicyclic) bond motifs is 1. The molecule has 1 fully saturated rings. The maximum absolute atomic E-state index is 5.22. The van der Waals surface area contributed by atoms with E-state index in [0.29, 0.717) is 5.75 Å². The lowest BCUT2D eigenvalue weighted by atomic mass is 9.95. The van der Waals surface area contributed by atoms with Gasteiger partial charge in [-0.2, -0.15) is 5.10 Å². The van der Waals surface area contributed by atoms with Crippen molar-refractivity contribution >= 4 is 16.7 Å². The molecule has 0 radical (unpaired) electrons. The Morgan fingerprint density at radius 2 is 1.89 bits per heavy atom. The number of aromatic nitrogens is 5. The Morgan fingerprint density at radius 1 is 1.04 bits per heavy atom. The van der Waals surface area contributed by atoms with Gasteiger partial charge in [0, 0.05) is 36.8 Å². The van der Waals surface area contributed by atoms with Crippen LogP contribution in [-0.2, 0) is 0 Å². The minimum Gasteiger partial charge on any atom is -0.493 e. The molecule has 7 nitrogen and oxygen atoms in total. The van der Waals surface area contributed by atoms with E-state index in [1.165, 1.54) is 0 Å². The first kappa shape index (κ1) is 15.7. The van der Waals surface area contributed by atoms with Crippen LogP contribution in [-0.4, -0.2) is 44.9 Å². The van der Waals surface area contributed by atoms with Gasteiger partial charge in [-0.1, -0.05) is 18.2 Å². The van der Waals surface area contributed by atoms with Gasteiger partial charge in [0.05, 0.1) is 30.7 Å². The van der Waals surface area contributed by atoms with Crippen LogP contribution >= 0.6 is 0 Å². The van der Waals surface area contributed by atoms with Gasteiger partial charge in [-0.25, -0.2) is 14.6 Å². The third-order valence-electron chi connectivity index (χ3n) is 4.89. The molecule has 7 heteroatoms. The van der Waals surface area contributed by atoms with Gasteiger partial charge in [0.1, 0.15) is 5.82 Å². The summed E-state index contributed by atoms with van der Waals surface area (Å²) >= 11 is 0. The number of ether oxygens (including phenoxy) is 1. The molecule has 5 rings (SSSR count). The lowest BCUT2D eigenvalue weighted by molar-refractivity contribution is 0.414. The van der Waals surface area contributed by atoms with Crippen LogP contribution in [0.5, 0.6) is 5.75 Å². The topological polar surface area (TPSA) is 69.0 Å². The molecule has 134 valence electrons. The van der Waals surface area contributed by atoms with E-state index in [1.54, 1.807) is 30.4 Å². The first-order chi connectivity index (χ1) is 13.3. The minimum absolute atomic E-state index is 0.289. The Bertz CT molecular complexity index is 1100. The molecule has 0 spiro atoms. The SMILES string of the molecule is COc1cnn(-c2nccnc2C2CN(c3ccc4ccccc4n3)C2)c1. The number of methoxy groups -OCH3 is 1. The van der Waals surface area contributed by atoms with E-state index in [4.69, 9.17) is 9.72 Å². The Labute approximate surface area is 156 Å². The molecule has 1 aliphatic rings. The summed E-state index contributed by atoms with van der Waals surface area (Å²) < 4.78 is 6.94. The summed E-state index contributed by atoms with van der Waals surface area (Å²) in [5.74, 6) is 2.73. The van der Waals surface area contributed by atoms with Gasteiger partial charge >= 0.3 is 0 Å². The van der Waals surface area contributed by atoms with Gasteiger partial charge in [-0.15, -0.1) is 0 Å². The van der Waals surface area contributed by atoms with E-state index < -0.39 is 0 Å². The van der Waals surface area contributed by atoms with Gasteiger partial charge < -0.3 is 9.64 Å². The van der Waals surface area contributed by atoms with E-state index in [9.17, 15) is 0 Å². The van der Waals surface area contributed by atoms with Gasteiger partial charge in [-0.05, 0) is 18.2 Å². The maximum atomic E-state index is 5.22.